The van der Waals surface area contributed by atoms with Gasteiger partial charge >= 0.3 is 12.4 Å². The smallest absolute Gasteiger partial charge is 0.406 e. The summed E-state index contributed by atoms with van der Waals surface area (Å²) in [6, 6.07) is 18.7. The van der Waals surface area contributed by atoms with E-state index in [1.807, 2.05) is 23.1 Å². The number of urea groups is 1. The summed E-state index contributed by atoms with van der Waals surface area (Å²) in [7, 11) is 0. The summed E-state index contributed by atoms with van der Waals surface area (Å²) in [5.41, 5.74) is 3.44. The van der Waals surface area contributed by atoms with Gasteiger partial charge in [-0.1, -0.05) is 68.1 Å². The highest BCUT2D eigenvalue weighted by Gasteiger charge is 2.31. The molecule has 0 radical (unpaired) electrons. The Kier molecular flexibility index (Phi) is 8.81. The van der Waals surface area contributed by atoms with Crippen molar-refractivity contribution < 1.29 is 27.1 Å². The van der Waals surface area contributed by atoms with Crippen LogP contribution in [0.4, 0.5) is 28.0 Å². The summed E-state index contributed by atoms with van der Waals surface area (Å²) in [5.74, 6) is 0.395. The fourth-order valence-corrected chi connectivity index (χ4v) is 5.32. The predicted octanol–water partition coefficient (Wildman–Crippen LogP) is 7.54. The van der Waals surface area contributed by atoms with E-state index >= 15 is 0 Å². The van der Waals surface area contributed by atoms with Gasteiger partial charge in [0.05, 0.1) is 5.69 Å². The Morgan fingerprint density at radius 3 is 2.49 bits per heavy atom. The molecule has 0 saturated carbocycles. The normalized spacial score (nSPS) is 14.9. The summed E-state index contributed by atoms with van der Waals surface area (Å²) in [6.45, 7) is 4.93. The fourth-order valence-electron chi connectivity index (χ4n) is 4.37. The molecule has 3 aromatic carbocycles. The lowest BCUT2D eigenvalue weighted by molar-refractivity contribution is -0.274. The van der Waals surface area contributed by atoms with Gasteiger partial charge in [-0.25, -0.2) is 18.9 Å². The first-order chi connectivity index (χ1) is 20.6. The van der Waals surface area contributed by atoms with Crippen molar-refractivity contribution in [2.45, 2.75) is 26.1 Å². The number of hydrogen-bond acceptors (Lipinski definition) is 5. The lowest BCUT2D eigenvalue weighted by Crippen LogP contribution is -2.27. The first-order valence-corrected chi connectivity index (χ1v) is 14.2. The van der Waals surface area contributed by atoms with Crippen LogP contribution < -0.4 is 15.0 Å². The molecule has 5 rings (SSSR count). The third kappa shape index (κ3) is 7.41. The van der Waals surface area contributed by atoms with Crippen LogP contribution in [0.5, 0.6) is 5.75 Å². The Labute approximate surface area is 249 Å². The number of amides is 2. The molecule has 4 aromatic rings. The molecule has 0 atom stereocenters. The first-order valence-electron chi connectivity index (χ1n) is 13.2. The lowest BCUT2D eigenvalue weighted by Gasteiger charge is -2.22. The van der Waals surface area contributed by atoms with E-state index in [-0.39, 0.29) is 11.3 Å². The van der Waals surface area contributed by atoms with Crippen LogP contribution in [0.3, 0.4) is 0 Å². The number of aliphatic imine (C=N–C) groups is 1. The van der Waals surface area contributed by atoms with Crippen molar-refractivity contribution >= 4 is 34.5 Å². The summed E-state index contributed by atoms with van der Waals surface area (Å²) < 4.78 is 57.3. The largest absolute Gasteiger partial charge is 0.573 e. The zero-order valence-corrected chi connectivity index (χ0v) is 23.9. The van der Waals surface area contributed by atoms with E-state index < -0.39 is 18.2 Å². The van der Waals surface area contributed by atoms with Gasteiger partial charge in [-0.05, 0) is 41.8 Å². The van der Waals surface area contributed by atoms with Crippen LogP contribution in [0, 0.1) is 0 Å². The van der Waals surface area contributed by atoms with Gasteiger partial charge in [0.2, 0.25) is 0 Å². The van der Waals surface area contributed by atoms with Gasteiger partial charge in [0.25, 0.3) is 0 Å². The van der Waals surface area contributed by atoms with E-state index in [1.165, 1.54) is 59.2 Å². The quantitative estimate of drug-likeness (QED) is 0.218. The highest BCUT2D eigenvalue weighted by atomic mass is 32.2. The molecule has 222 valence electrons. The molecule has 8 nitrogen and oxygen atoms in total. The second-order valence-corrected chi connectivity index (χ2v) is 10.7. The Bertz CT molecular complexity index is 1650. The molecule has 0 bridgehead atoms. The van der Waals surface area contributed by atoms with Gasteiger partial charge in [-0.3, -0.25) is 0 Å². The highest BCUT2D eigenvalue weighted by molar-refractivity contribution is 8.14. The van der Waals surface area contributed by atoms with Crippen LogP contribution in [0.1, 0.15) is 30.9 Å². The van der Waals surface area contributed by atoms with Crippen LogP contribution in [0.25, 0.3) is 22.9 Å². The summed E-state index contributed by atoms with van der Waals surface area (Å²) >= 11 is 1.47. The molecule has 2 amide bonds. The number of aromatic nitrogens is 3. The van der Waals surface area contributed by atoms with E-state index in [0.29, 0.717) is 34.7 Å². The maximum absolute atomic E-state index is 14.9. The number of nitrogens with zero attached hydrogens (tertiary/aromatic N) is 5. The van der Waals surface area contributed by atoms with Gasteiger partial charge in [0.15, 0.2) is 11.0 Å². The number of nitrogens with one attached hydrogen (secondary N) is 1. The molecular formula is C30H26F4N6O2S. The van der Waals surface area contributed by atoms with E-state index in [2.05, 4.69) is 45.0 Å². The number of ether oxygens (including phenoxy) is 1. The van der Waals surface area contributed by atoms with Crippen molar-refractivity contribution in [3.05, 3.63) is 96.5 Å². The first kappa shape index (κ1) is 29.8. The number of anilines is 1. The van der Waals surface area contributed by atoms with Crippen molar-refractivity contribution in [1.29, 1.82) is 0 Å². The molecular weight excluding hydrogens is 584 g/mol. The van der Waals surface area contributed by atoms with Gasteiger partial charge in [-0.2, -0.15) is 4.99 Å². The molecule has 1 N–H and O–H groups in total. The molecule has 0 unspecified atom stereocenters. The highest BCUT2D eigenvalue weighted by Crippen LogP contribution is 2.32. The number of rotatable bonds is 7. The summed E-state index contributed by atoms with van der Waals surface area (Å²) in [5, 5.41) is 7.29. The average Bonchev–Trinajstić information content (AvgIpc) is 3.66. The van der Waals surface area contributed by atoms with E-state index in [1.54, 1.807) is 12.1 Å². The number of halogens is 4. The molecule has 2 heterocycles. The maximum Gasteiger partial charge on any atom is 0.573 e. The van der Waals surface area contributed by atoms with E-state index in [4.69, 9.17) is 0 Å². The van der Waals surface area contributed by atoms with Crippen LogP contribution in [0.15, 0.2) is 90.3 Å². The summed E-state index contributed by atoms with van der Waals surface area (Å²) in [6.07, 6.45) is -2.40. The van der Waals surface area contributed by atoms with Gasteiger partial charge in [0, 0.05) is 35.3 Å². The number of para-hydroxylation sites is 1. The number of carbonyl (C=O) groups is 1. The monoisotopic (exact) mass is 610 g/mol. The molecule has 1 saturated heterocycles. The number of benzene rings is 3. The molecule has 0 aliphatic carbocycles. The third-order valence-electron chi connectivity index (χ3n) is 6.39. The number of hydrogen-bond donors (Lipinski definition) is 1. The fraction of sp³-hybridized carbons (Fsp3) is 0.200. The minimum atomic E-state index is -4.78. The predicted molar refractivity (Wildman–Crippen MR) is 159 cm³/mol. The van der Waals surface area contributed by atoms with Crippen molar-refractivity contribution in [3.8, 4) is 22.8 Å². The SMILES string of the molecule is CC(C)c1ccccc1N1CCS/C1=N\C(=O)N/C=C(\F)c1ccc(-c2ncn(-c3ccc(OC(F)(F)F)cc3)n2)cc1. The number of amidine groups is 1. The standard InChI is InChI=1S/C30H26F4N6O2S/c1-19(2)24-5-3-4-6-26(24)39-15-16-43-29(39)37-28(41)35-17-25(31)20-7-9-21(10-8-20)27-36-18-40(38-27)22-11-13-23(14-12-22)42-30(32,33)34/h3-14,17-19H,15-16H2,1-2H3,(H,35,41)/b25-17-,37-29-. The van der Waals surface area contributed by atoms with Crippen LogP contribution in [0.2, 0.25) is 0 Å². The van der Waals surface area contributed by atoms with Crippen molar-refractivity contribution in [2.75, 3.05) is 17.2 Å². The van der Waals surface area contributed by atoms with Crippen molar-refractivity contribution in [3.63, 3.8) is 0 Å². The molecule has 0 spiro atoms. The van der Waals surface area contributed by atoms with Crippen molar-refractivity contribution in [2.24, 2.45) is 4.99 Å². The Morgan fingerprint density at radius 1 is 1.07 bits per heavy atom. The van der Waals surface area contributed by atoms with Crippen LogP contribution in [-0.2, 0) is 0 Å². The van der Waals surface area contributed by atoms with Crippen LogP contribution in [-0.4, -0.2) is 44.6 Å². The molecule has 13 heteroatoms. The third-order valence-corrected chi connectivity index (χ3v) is 7.35. The summed E-state index contributed by atoms with van der Waals surface area (Å²) in [4.78, 5) is 22.9. The maximum atomic E-state index is 14.9. The number of thioether (sulfide) groups is 1. The lowest BCUT2D eigenvalue weighted by atomic mass is 10.0. The molecule has 1 aliphatic rings. The Balaban J connectivity index is 1.22. The topological polar surface area (TPSA) is 84.6 Å². The Hall–Kier alpha value is -4.65. The molecule has 1 aliphatic heterocycles. The Morgan fingerprint density at radius 2 is 1.79 bits per heavy atom. The molecule has 1 fully saturated rings. The van der Waals surface area contributed by atoms with E-state index in [0.717, 1.165) is 23.2 Å². The minimum absolute atomic E-state index is 0.221. The van der Waals surface area contributed by atoms with Gasteiger partial charge < -0.3 is 15.0 Å². The number of alkyl halides is 3. The second-order valence-electron chi connectivity index (χ2n) is 9.68. The van der Waals surface area contributed by atoms with Crippen molar-refractivity contribution in [1.82, 2.24) is 20.1 Å². The van der Waals surface area contributed by atoms with E-state index in [9.17, 15) is 22.4 Å². The molecule has 1 aromatic heterocycles. The number of carbonyl (C=O) groups excluding carboxylic acids is 1. The zero-order valence-electron chi connectivity index (χ0n) is 23.0. The average molecular weight is 611 g/mol. The minimum Gasteiger partial charge on any atom is -0.406 e. The molecule has 43 heavy (non-hydrogen) atoms. The van der Waals surface area contributed by atoms with Crippen LogP contribution >= 0.6 is 11.8 Å². The van der Waals surface area contributed by atoms with Gasteiger partial charge in [0.1, 0.15) is 17.9 Å². The van der Waals surface area contributed by atoms with Gasteiger partial charge in [-0.15, -0.1) is 18.3 Å². The zero-order chi connectivity index (χ0) is 30.6. The second kappa shape index (κ2) is 12.7.